The molecule has 0 spiro atoms. The molecule has 0 N–H and O–H groups in total. The number of nitrogens with zero attached hydrogens (tertiary/aromatic N) is 1. The van der Waals surface area contributed by atoms with Crippen LogP contribution in [-0.4, -0.2) is 51.5 Å². The predicted molar refractivity (Wildman–Crippen MR) is 100 cm³/mol. The molecule has 0 aromatic heterocycles. The molecule has 0 unspecified atom stereocenters. The molecule has 0 saturated heterocycles. The van der Waals surface area contributed by atoms with E-state index in [-0.39, 0.29) is 32.3 Å². The Morgan fingerprint density at radius 2 is 1.62 bits per heavy atom. The topological polar surface area (TPSA) is 65.1 Å². The summed E-state index contributed by atoms with van der Waals surface area (Å²) in [6, 6.07) is 13.9. The van der Waals surface area contributed by atoms with Crippen LogP contribution in [0.2, 0.25) is 0 Å². The van der Waals surface area contributed by atoms with Gasteiger partial charge in [-0.15, -0.1) is 0 Å². The van der Waals surface area contributed by atoms with Crippen LogP contribution in [0.4, 0.5) is 5.69 Å². The second kappa shape index (κ2) is 10.5. The van der Waals surface area contributed by atoms with Gasteiger partial charge in [0.25, 0.3) is 5.91 Å². The first-order valence-electron chi connectivity index (χ1n) is 8.76. The van der Waals surface area contributed by atoms with Gasteiger partial charge in [0.05, 0.1) is 25.5 Å². The monoisotopic (exact) mass is 359 g/mol. The summed E-state index contributed by atoms with van der Waals surface area (Å²) in [6.07, 6.45) is 0. The number of amides is 1. The highest BCUT2D eigenvalue weighted by Crippen LogP contribution is 2.26. The fourth-order valence-corrected chi connectivity index (χ4v) is 2.64. The van der Waals surface area contributed by atoms with E-state index in [1.165, 1.54) is 0 Å². The molecule has 1 amide bonds. The van der Waals surface area contributed by atoms with Crippen molar-refractivity contribution in [3.05, 3.63) is 42.5 Å². The number of rotatable bonds is 10. The molecular weight excluding hydrogens is 334 g/mol. The Labute approximate surface area is 153 Å². The first kappa shape index (κ1) is 19.9. The maximum absolute atomic E-state index is 12.5. The van der Waals surface area contributed by atoms with Gasteiger partial charge in [0.2, 0.25) is 0 Å². The van der Waals surface area contributed by atoms with E-state index in [0.717, 1.165) is 16.5 Å². The van der Waals surface area contributed by atoms with Crippen LogP contribution in [0.5, 0.6) is 0 Å². The van der Waals surface area contributed by atoms with Crippen LogP contribution < -0.4 is 4.90 Å². The van der Waals surface area contributed by atoms with Gasteiger partial charge in [0.15, 0.2) is 0 Å². The fraction of sp³-hybridized carbons (Fsp3) is 0.400. The molecule has 26 heavy (non-hydrogen) atoms. The molecule has 0 atom stereocenters. The molecule has 2 aromatic rings. The summed E-state index contributed by atoms with van der Waals surface area (Å²) in [6.45, 7) is 4.86. The predicted octanol–water partition coefficient (Wildman–Crippen LogP) is 2.79. The Kier molecular flexibility index (Phi) is 8.05. The molecule has 2 rings (SSSR count). The summed E-state index contributed by atoms with van der Waals surface area (Å²) < 4.78 is 15.3. The van der Waals surface area contributed by atoms with Crippen LogP contribution in [0.15, 0.2) is 42.5 Å². The smallest absolute Gasteiger partial charge is 0.332 e. The highest BCUT2D eigenvalue weighted by Gasteiger charge is 2.16. The van der Waals surface area contributed by atoms with E-state index in [9.17, 15) is 9.59 Å². The Balaban J connectivity index is 1.84. The fourth-order valence-electron chi connectivity index (χ4n) is 2.64. The molecule has 0 heterocycles. The number of esters is 1. The lowest BCUT2D eigenvalue weighted by Gasteiger charge is -2.22. The first-order valence-corrected chi connectivity index (χ1v) is 8.76. The lowest BCUT2D eigenvalue weighted by molar-refractivity contribution is -0.149. The molecule has 0 aliphatic rings. The zero-order valence-electron chi connectivity index (χ0n) is 15.3. The van der Waals surface area contributed by atoms with Crippen molar-refractivity contribution in [1.82, 2.24) is 0 Å². The molecule has 2 aromatic carbocycles. The molecule has 0 bridgehead atoms. The summed E-state index contributed by atoms with van der Waals surface area (Å²) in [7, 11) is 0. The van der Waals surface area contributed by atoms with Crippen molar-refractivity contribution in [3.8, 4) is 0 Å². The van der Waals surface area contributed by atoms with E-state index in [1.807, 2.05) is 49.4 Å². The molecule has 0 radical (unpaired) electrons. The molecule has 0 aliphatic heterocycles. The van der Waals surface area contributed by atoms with Crippen molar-refractivity contribution >= 4 is 28.3 Å². The molecular formula is C20H25NO5. The van der Waals surface area contributed by atoms with Crippen molar-refractivity contribution in [2.75, 3.05) is 44.5 Å². The number of benzene rings is 2. The van der Waals surface area contributed by atoms with E-state index in [0.29, 0.717) is 13.2 Å². The number of fused-ring (bicyclic) bond motifs is 1. The number of hydrogen-bond acceptors (Lipinski definition) is 5. The number of carbonyl (C=O) groups is 2. The third-order valence-electron chi connectivity index (χ3n) is 3.80. The Hall–Kier alpha value is -2.44. The number of likely N-dealkylation sites (N-methyl/N-ethyl adjacent to an activating group) is 1. The lowest BCUT2D eigenvalue weighted by atomic mass is 10.1. The van der Waals surface area contributed by atoms with Gasteiger partial charge in [-0.2, -0.15) is 0 Å². The van der Waals surface area contributed by atoms with Crippen molar-refractivity contribution < 1.29 is 23.8 Å². The zero-order chi connectivity index (χ0) is 18.8. The number of ether oxygens (including phenoxy) is 3. The van der Waals surface area contributed by atoms with Gasteiger partial charge in [-0.1, -0.05) is 36.4 Å². The van der Waals surface area contributed by atoms with Crippen molar-refractivity contribution in [2.45, 2.75) is 13.8 Å². The van der Waals surface area contributed by atoms with Crippen molar-refractivity contribution in [3.63, 3.8) is 0 Å². The van der Waals surface area contributed by atoms with E-state index < -0.39 is 5.97 Å². The summed E-state index contributed by atoms with van der Waals surface area (Å²) >= 11 is 0. The molecule has 140 valence electrons. The Morgan fingerprint density at radius 1 is 0.923 bits per heavy atom. The van der Waals surface area contributed by atoms with Crippen LogP contribution in [0.1, 0.15) is 13.8 Å². The van der Waals surface area contributed by atoms with Crippen LogP contribution >= 0.6 is 0 Å². The van der Waals surface area contributed by atoms with E-state index in [2.05, 4.69) is 0 Å². The molecule has 0 aliphatic carbocycles. The van der Waals surface area contributed by atoms with Crippen molar-refractivity contribution in [2.24, 2.45) is 0 Å². The van der Waals surface area contributed by atoms with Crippen LogP contribution in [0.3, 0.4) is 0 Å². The first-order chi connectivity index (χ1) is 12.7. The molecule has 0 fully saturated rings. The SMILES string of the molecule is CCOC(=O)COCCOCC(=O)N(CC)c1cccc2ccccc12. The third kappa shape index (κ3) is 5.54. The molecule has 6 nitrogen and oxygen atoms in total. The summed E-state index contributed by atoms with van der Waals surface area (Å²) in [5, 5.41) is 2.12. The van der Waals surface area contributed by atoms with Crippen LogP contribution in [-0.2, 0) is 23.8 Å². The van der Waals surface area contributed by atoms with Gasteiger partial charge >= 0.3 is 5.97 Å². The number of anilines is 1. The molecule has 0 saturated carbocycles. The standard InChI is InChI=1S/C20H25NO5/c1-3-21(18-11-7-9-16-8-5-6-10-17(16)18)19(22)14-24-12-13-25-15-20(23)26-4-2/h5-11H,3-4,12-15H2,1-2H3. The number of hydrogen-bond donors (Lipinski definition) is 0. The third-order valence-corrected chi connectivity index (χ3v) is 3.80. The Bertz CT molecular complexity index is 726. The summed E-state index contributed by atoms with van der Waals surface area (Å²) in [4.78, 5) is 25.4. The number of carbonyl (C=O) groups excluding carboxylic acids is 2. The Morgan fingerprint density at radius 3 is 2.35 bits per heavy atom. The molecule has 6 heteroatoms. The van der Waals surface area contributed by atoms with Gasteiger partial charge in [-0.25, -0.2) is 4.79 Å². The minimum atomic E-state index is -0.406. The van der Waals surface area contributed by atoms with E-state index >= 15 is 0 Å². The van der Waals surface area contributed by atoms with Gasteiger partial charge in [0, 0.05) is 11.9 Å². The van der Waals surface area contributed by atoms with E-state index in [4.69, 9.17) is 14.2 Å². The second-order valence-electron chi connectivity index (χ2n) is 5.55. The average Bonchev–Trinajstić information content (AvgIpc) is 2.65. The van der Waals surface area contributed by atoms with Gasteiger partial charge < -0.3 is 19.1 Å². The van der Waals surface area contributed by atoms with Gasteiger partial charge in [-0.3, -0.25) is 4.79 Å². The van der Waals surface area contributed by atoms with Crippen molar-refractivity contribution in [1.29, 1.82) is 0 Å². The highest BCUT2D eigenvalue weighted by atomic mass is 16.6. The maximum Gasteiger partial charge on any atom is 0.332 e. The van der Waals surface area contributed by atoms with E-state index in [1.54, 1.807) is 11.8 Å². The second-order valence-corrected chi connectivity index (χ2v) is 5.55. The summed E-state index contributed by atoms with van der Waals surface area (Å²) in [5.41, 5.74) is 0.873. The zero-order valence-corrected chi connectivity index (χ0v) is 15.3. The average molecular weight is 359 g/mol. The summed E-state index contributed by atoms with van der Waals surface area (Å²) in [5.74, 6) is -0.522. The minimum absolute atomic E-state index is 0.0418. The van der Waals surface area contributed by atoms with Crippen LogP contribution in [0, 0.1) is 0 Å². The normalized spacial score (nSPS) is 10.7. The quantitative estimate of drug-likeness (QED) is 0.482. The maximum atomic E-state index is 12.5. The lowest BCUT2D eigenvalue weighted by Crippen LogP contribution is -2.34. The van der Waals surface area contributed by atoms with Gasteiger partial charge in [-0.05, 0) is 25.3 Å². The largest absolute Gasteiger partial charge is 0.464 e. The minimum Gasteiger partial charge on any atom is -0.464 e. The van der Waals surface area contributed by atoms with Gasteiger partial charge in [0.1, 0.15) is 13.2 Å². The van der Waals surface area contributed by atoms with Crippen LogP contribution in [0.25, 0.3) is 10.8 Å². The highest BCUT2D eigenvalue weighted by molar-refractivity contribution is 6.04.